The summed E-state index contributed by atoms with van der Waals surface area (Å²) < 4.78 is 10.6. The van der Waals surface area contributed by atoms with Crippen LogP contribution in [0.5, 0.6) is 0 Å². The molecule has 1 aromatic heterocycles. The van der Waals surface area contributed by atoms with E-state index in [1.807, 2.05) is 25.1 Å². The van der Waals surface area contributed by atoms with E-state index in [4.69, 9.17) is 9.15 Å². The molecular formula is C20H25NO4. The number of carbonyl (C=O) groups is 2. The van der Waals surface area contributed by atoms with Gasteiger partial charge >= 0.3 is 5.97 Å². The first kappa shape index (κ1) is 17.5. The molecular weight excluding hydrogens is 318 g/mol. The summed E-state index contributed by atoms with van der Waals surface area (Å²) >= 11 is 0. The van der Waals surface area contributed by atoms with Gasteiger partial charge < -0.3 is 14.5 Å². The molecule has 0 atom stereocenters. The minimum atomic E-state index is -0.417. The number of ether oxygens (including phenoxy) is 1. The van der Waals surface area contributed by atoms with Crippen molar-refractivity contribution in [1.82, 2.24) is 5.32 Å². The average Bonchev–Trinajstić information content (AvgIpc) is 2.80. The molecule has 1 aliphatic carbocycles. The van der Waals surface area contributed by atoms with E-state index >= 15 is 0 Å². The van der Waals surface area contributed by atoms with Crippen LogP contribution in [-0.4, -0.2) is 24.5 Å². The SMILES string of the molecule is Cc1ccc2c(CC(=O)OCC(=O)NC3CCCCCC3)coc2c1. The monoisotopic (exact) mass is 343 g/mol. The zero-order chi connectivity index (χ0) is 17.6. The molecule has 1 fully saturated rings. The highest BCUT2D eigenvalue weighted by Crippen LogP contribution is 2.23. The Kier molecular flexibility index (Phi) is 5.74. The van der Waals surface area contributed by atoms with Crippen LogP contribution in [0, 0.1) is 6.92 Å². The van der Waals surface area contributed by atoms with Crippen LogP contribution in [0.25, 0.3) is 11.0 Å². The van der Waals surface area contributed by atoms with Gasteiger partial charge in [0, 0.05) is 17.0 Å². The molecule has 1 saturated carbocycles. The van der Waals surface area contributed by atoms with E-state index in [2.05, 4.69) is 5.32 Å². The molecule has 0 unspecified atom stereocenters. The molecule has 5 nitrogen and oxygen atoms in total. The molecule has 1 heterocycles. The molecule has 0 bridgehead atoms. The minimum absolute atomic E-state index is 0.104. The maximum atomic E-state index is 12.0. The highest BCUT2D eigenvalue weighted by Gasteiger charge is 2.17. The summed E-state index contributed by atoms with van der Waals surface area (Å²) in [6.07, 6.45) is 8.48. The summed E-state index contributed by atoms with van der Waals surface area (Å²) in [6.45, 7) is 1.77. The van der Waals surface area contributed by atoms with E-state index in [0.29, 0.717) is 0 Å². The molecule has 5 heteroatoms. The Balaban J connectivity index is 1.47. The molecule has 0 radical (unpaired) electrons. The van der Waals surface area contributed by atoms with E-state index in [9.17, 15) is 9.59 Å². The van der Waals surface area contributed by atoms with Crippen molar-refractivity contribution in [2.24, 2.45) is 0 Å². The predicted molar refractivity (Wildman–Crippen MR) is 95.2 cm³/mol. The first-order valence-corrected chi connectivity index (χ1v) is 9.03. The highest BCUT2D eigenvalue weighted by molar-refractivity contribution is 5.87. The third-order valence-electron chi connectivity index (χ3n) is 4.73. The first-order chi connectivity index (χ1) is 12.1. The van der Waals surface area contributed by atoms with E-state index in [0.717, 1.165) is 47.8 Å². The van der Waals surface area contributed by atoms with E-state index < -0.39 is 5.97 Å². The number of carbonyl (C=O) groups excluding carboxylic acids is 2. The lowest BCUT2D eigenvalue weighted by Gasteiger charge is -2.16. The Morgan fingerprint density at radius 3 is 2.72 bits per heavy atom. The molecule has 1 N–H and O–H groups in total. The van der Waals surface area contributed by atoms with Crippen LogP contribution in [0.2, 0.25) is 0 Å². The van der Waals surface area contributed by atoms with Crippen molar-refractivity contribution in [1.29, 1.82) is 0 Å². The van der Waals surface area contributed by atoms with Crippen LogP contribution in [0.15, 0.2) is 28.9 Å². The summed E-state index contributed by atoms with van der Waals surface area (Å²) in [6, 6.07) is 6.07. The standard InChI is InChI=1S/C20H25NO4/c1-14-8-9-17-15(12-24-18(17)10-14)11-20(23)25-13-19(22)21-16-6-4-2-3-5-7-16/h8-10,12,16H,2-7,11,13H2,1H3,(H,21,22). The van der Waals surface area contributed by atoms with Crippen molar-refractivity contribution in [2.45, 2.75) is 57.9 Å². The van der Waals surface area contributed by atoms with Crippen LogP contribution in [-0.2, 0) is 20.7 Å². The van der Waals surface area contributed by atoms with Gasteiger partial charge in [0.25, 0.3) is 5.91 Å². The molecule has 134 valence electrons. The van der Waals surface area contributed by atoms with Crippen LogP contribution >= 0.6 is 0 Å². The summed E-state index contributed by atoms with van der Waals surface area (Å²) in [7, 11) is 0. The Morgan fingerprint density at radius 2 is 1.96 bits per heavy atom. The number of rotatable bonds is 5. The van der Waals surface area contributed by atoms with Crippen molar-refractivity contribution in [2.75, 3.05) is 6.61 Å². The predicted octanol–water partition coefficient (Wildman–Crippen LogP) is 3.67. The number of aryl methyl sites for hydroxylation is 1. The molecule has 0 saturated heterocycles. The van der Waals surface area contributed by atoms with Crippen LogP contribution in [0.1, 0.15) is 49.7 Å². The maximum absolute atomic E-state index is 12.0. The number of amides is 1. The van der Waals surface area contributed by atoms with E-state index in [-0.39, 0.29) is 25.0 Å². The van der Waals surface area contributed by atoms with Gasteiger partial charge in [0.05, 0.1) is 12.7 Å². The van der Waals surface area contributed by atoms with Gasteiger partial charge in [-0.2, -0.15) is 0 Å². The number of benzene rings is 1. The Bertz CT molecular complexity index is 741. The number of esters is 1. The Hall–Kier alpha value is -2.30. The third-order valence-corrected chi connectivity index (χ3v) is 4.73. The van der Waals surface area contributed by atoms with Gasteiger partial charge in [-0.05, 0) is 31.4 Å². The lowest BCUT2D eigenvalue weighted by molar-refractivity contribution is -0.148. The minimum Gasteiger partial charge on any atom is -0.464 e. The fourth-order valence-electron chi connectivity index (χ4n) is 3.37. The molecule has 1 aromatic carbocycles. The molecule has 1 aliphatic rings. The number of hydrogen-bond donors (Lipinski definition) is 1. The summed E-state index contributed by atoms with van der Waals surface area (Å²) in [5, 5.41) is 3.88. The molecule has 1 amide bonds. The Labute approximate surface area is 147 Å². The van der Waals surface area contributed by atoms with Crippen molar-refractivity contribution in [3.05, 3.63) is 35.6 Å². The van der Waals surface area contributed by atoms with Gasteiger partial charge in [-0.1, -0.05) is 37.8 Å². The third kappa shape index (κ3) is 4.84. The number of fused-ring (bicyclic) bond motifs is 1. The lowest BCUT2D eigenvalue weighted by atomic mass is 10.1. The van der Waals surface area contributed by atoms with Crippen LogP contribution in [0.3, 0.4) is 0 Å². The molecule has 25 heavy (non-hydrogen) atoms. The summed E-state index contributed by atoms with van der Waals surface area (Å²) in [5.41, 5.74) is 2.64. The summed E-state index contributed by atoms with van der Waals surface area (Å²) in [5.74, 6) is -0.632. The second-order valence-electron chi connectivity index (χ2n) is 6.85. The summed E-state index contributed by atoms with van der Waals surface area (Å²) in [4.78, 5) is 24.0. The van der Waals surface area contributed by atoms with Gasteiger partial charge in [0.1, 0.15) is 5.58 Å². The first-order valence-electron chi connectivity index (χ1n) is 9.03. The molecule has 0 aliphatic heterocycles. The highest BCUT2D eigenvalue weighted by atomic mass is 16.5. The van der Waals surface area contributed by atoms with Gasteiger partial charge in [-0.15, -0.1) is 0 Å². The van der Waals surface area contributed by atoms with Crippen LogP contribution < -0.4 is 5.32 Å². The smallest absolute Gasteiger partial charge is 0.310 e. The van der Waals surface area contributed by atoms with E-state index in [1.54, 1.807) is 6.26 Å². The van der Waals surface area contributed by atoms with E-state index in [1.165, 1.54) is 12.8 Å². The van der Waals surface area contributed by atoms with Gasteiger partial charge in [0.2, 0.25) is 0 Å². The van der Waals surface area contributed by atoms with Crippen molar-refractivity contribution >= 4 is 22.8 Å². The second kappa shape index (κ2) is 8.19. The average molecular weight is 343 g/mol. The topological polar surface area (TPSA) is 68.5 Å². The fraction of sp³-hybridized carbons (Fsp3) is 0.500. The second-order valence-corrected chi connectivity index (χ2v) is 6.85. The lowest BCUT2D eigenvalue weighted by Crippen LogP contribution is -2.37. The molecule has 2 aromatic rings. The molecule has 3 rings (SSSR count). The largest absolute Gasteiger partial charge is 0.464 e. The zero-order valence-corrected chi connectivity index (χ0v) is 14.7. The normalized spacial score (nSPS) is 15.7. The van der Waals surface area contributed by atoms with Crippen molar-refractivity contribution in [3.63, 3.8) is 0 Å². The quantitative estimate of drug-likeness (QED) is 0.664. The Morgan fingerprint density at radius 1 is 1.20 bits per heavy atom. The fourth-order valence-corrected chi connectivity index (χ4v) is 3.37. The van der Waals surface area contributed by atoms with Gasteiger partial charge in [-0.3, -0.25) is 9.59 Å². The van der Waals surface area contributed by atoms with Crippen molar-refractivity contribution in [3.8, 4) is 0 Å². The van der Waals surface area contributed by atoms with Crippen LogP contribution in [0.4, 0.5) is 0 Å². The van der Waals surface area contributed by atoms with Gasteiger partial charge in [0.15, 0.2) is 6.61 Å². The van der Waals surface area contributed by atoms with Crippen molar-refractivity contribution < 1.29 is 18.7 Å². The molecule has 0 spiro atoms. The number of hydrogen-bond acceptors (Lipinski definition) is 4. The number of furan rings is 1. The van der Waals surface area contributed by atoms with Gasteiger partial charge in [-0.25, -0.2) is 0 Å². The zero-order valence-electron chi connectivity index (χ0n) is 14.7. The maximum Gasteiger partial charge on any atom is 0.310 e. The number of nitrogens with one attached hydrogen (secondary N) is 1.